The third-order valence-corrected chi connectivity index (χ3v) is 3.96. The molecule has 120 valence electrons. The smallest absolute Gasteiger partial charge is 0.331 e. The Bertz CT molecular complexity index is 591. The number of ether oxygens (including phenoxy) is 2. The molecule has 7 heteroatoms. The molecule has 1 aromatic rings. The normalized spacial score (nSPS) is 14.8. The second-order valence-corrected chi connectivity index (χ2v) is 5.43. The second-order valence-electron chi connectivity index (χ2n) is 4.57. The van der Waals surface area contributed by atoms with Crippen LogP contribution in [0.25, 0.3) is 6.08 Å². The summed E-state index contributed by atoms with van der Waals surface area (Å²) in [7, 11) is 2.95. The van der Waals surface area contributed by atoms with Crippen LogP contribution in [0, 0.1) is 5.92 Å². The first-order valence-corrected chi connectivity index (χ1v) is 7.43. The Morgan fingerprint density at radius 1 is 1.41 bits per heavy atom. The summed E-state index contributed by atoms with van der Waals surface area (Å²) in [5.74, 6) is -1.12. The third-order valence-electron chi connectivity index (χ3n) is 2.99. The van der Waals surface area contributed by atoms with Gasteiger partial charge < -0.3 is 14.6 Å². The van der Waals surface area contributed by atoms with Gasteiger partial charge in [-0.15, -0.1) is 11.3 Å². The average Bonchev–Trinajstić information content (AvgIpc) is 2.94. The Kier molecular flexibility index (Phi) is 6.94. The first-order chi connectivity index (χ1) is 10.4. The highest BCUT2D eigenvalue weighted by Gasteiger charge is 2.20. The Hall–Kier alpha value is -1.99. The van der Waals surface area contributed by atoms with Gasteiger partial charge in [-0.25, -0.2) is 9.78 Å². The van der Waals surface area contributed by atoms with E-state index < -0.39 is 5.97 Å². The lowest BCUT2D eigenvalue weighted by atomic mass is 10.0. The number of thiazole rings is 1. The summed E-state index contributed by atoms with van der Waals surface area (Å²) < 4.78 is 10.5. The maximum absolute atomic E-state index is 11.2. The highest BCUT2D eigenvalue weighted by molar-refractivity contribution is 7.11. The van der Waals surface area contributed by atoms with E-state index in [0.29, 0.717) is 16.5 Å². The lowest BCUT2D eigenvalue weighted by Crippen LogP contribution is -2.21. The van der Waals surface area contributed by atoms with Gasteiger partial charge in [-0.2, -0.15) is 0 Å². The molecule has 0 fully saturated rings. The Labute approximate surface area is 133 Å². The molecule has 0 aliphatic heterocycles. The molecule has 1 rings (SSSR count). The zero-order valence-corrected chi connectivity index (χ0v) is 13.7. The number of methoxy groups -OCH3 is 2. The summed E-state index contributed by atoms with van der Waals surface area (Å²) in [5.41, 5.74) is 0.658. The first kappa shape index (κ1) is 18.1. The van der Waals surface area contributed by atoms with Crippen molar-refractivity contribution in [2.75, 3.05) is 14.2 Å². The van der Waals surface area contributed by atoms with Crippen LogP contribution in [0.1, 0.15) is 29.3 Å². The van der Waals surface area contributed by atoms with Crippen molar-refractivity contribution in [1.82, 2.24) is 4.98 Å². The predicted octanol–water partition coefficient (Wildman–Crippen LogP) is 2.62. The summed E-state index contributed by atoms with van der Waals surface area (Å²) in [6.45, 7) is 3.27. The molecule has 0 saturated carbocycles. The maximum Gasteiger partial charge on any atom is 0.331 e. The molecule has 0 radical (unpaired) electrons. The first-order valence-electron chi connectivity index (χ1n) is 6.55. The van der Waals surface area contributed by atoms with Crippen molar-refractivity contribution in [2.24, 2.45) is 5.92 Å². The lowest BCUT2D eigenvalue weighted by molar-refractivity contribution is -0.131. The maximum atomic E-state index is 11.2. The molecule has 22 heavy (non-hydrogen) atoms. The van der Waals surface area contributed by atoms with Gasteiger partial charge in [0.05, 0.1) is 25.0 Å². The molecule has 1 N–H and O–H groups in total. The van der Waals surface area contributed by atoms with Crippen LogP contribution >= 0.6 is 11.3 Å². The number of hydrogen-bond acceptors (Lipinski definition) is 6. The number of nitrogens with zero attached hydrogens (tertiary/aromatic N) is 1. The molecular formula is C15H19NO5S. The van der Waals surface area contributed by atoms with E-state index in [2.05, 4.69) is 4.98 Å². The minimum atomic E-state index is -1.08. The SMILES string of the molecule is COC(=CC(=O)O)C(C)C(C=Cc1csc(C(C)=O)n1)OC. The van der Waals surface area contributed by atoms with Gasteiger partial charge >= 0.3 is 5.97 Å². The fraction of sp³-hybridized carbons (Fsp3) is 0.400. The van der Waals surface area contributed by atoms with Gasteiger partial charge in [-0.3, -0.25) is 4.79 Å². The number of aromatic nitrogens is 1. The summed E-state index contributed by atoms with van der Waals surface area (Å²) in [6, 6.07) is 0. The number of rotatable bonds is 8. The molecule has 1 heterocycles. The van der Waals surface area contributed by atoms with Crippen molar-refractivity contribution in [2.45, 2.75) is 20.0 Å². The van der Waals surface area contributed by atoms with Gasteiger partial charge in [0.1, 0.15) is 5.76 Å². The van der Waals surface area contributed by atoms with Gasteiger partial charge in [0, 0.05) is 25.3 Å². The Balaban J connectivity index is 2.88. The van der Waals surface area contributed by atoms with Crippen LogP contribution in [0.15, 0.2) is 23.3 Å². The number of aliphatic carboxylic acids is 1. The van der Waals surface area contributed by atoms with E-state index in [4.69, 9.17) is 14.6 Å². The van der Waals surface area contributed by atoms with E-state index in [1.54, 1.807) is 24.5 Å². The van der Waals surface area contributed by atoms with Crippen LogP contribution in [0.2, 0.25) is 0 Å². The minimum Gasteiger partial charge on any atom is -0.500 e. The van der Waals surface area contributed by atoms with E-state index in [0.717, 1.165) is 6.08 Å². The summed E-state index contributed by atoms with van der Waals surface area (Å²) in [4.78, 5) is 26.2. The third kappa shape index (κ3) is 5.09. The molecule has 6 nitrogen and oxygen atoms in total. The standard InChI is InChI=1S/C15H19NO5S/c1-9(13(21-4)7-14(18)19)12(20-3)6-5-11-8-22-15(16-11)10(2)17/h5-9,12H,1-4H3,(H,18,19). The fourth-order valence-electron chi connectivity index (χ4n) is 1.83. The highest BCUT2D eigenvalue weighted by atomic mass is 32.1. The van der Waals surface area contributed by atoms with Crippen LogP contribution in [0.4, 0.5) is 0 Å². The number of ketones is 1. The van der Waals surface area contributed by atoms with Crippen LogP contribution in [-0.4, -0.2) is 42.2 Å². The molecule has 2 unspecified atom stereocenters. The summed E-state index contributed by atoms with van der Waals surface area (Å²) in [5, 5.41) is 11.0. The topological polar surface area (TPSA) is 85.7 Å². The molecule has 0 aromatic carbocycles. The van der Waals surface area contributed by atoms with Crippen LogP contribution in [0.5, 0.6) is 0 Å². The van der Waals surface area contributed by atoms with E-state index in [9.17, 15) is 9.59 Å². The van der Waals surface area contributed by atoms with E-state index in [-0.39, 0.29) is 17.8 Å². The zero-order valence-electron chi connectivity index (χ0n) is 12.9. The van der Waals surface area contributed by atoms with E-state index in [1.807, 2.05) is 0 Å². The number of Topliss-reactive ketones (excluding diaryl/α,β-unsaturated/α-hetero) is 1. The Morgan fingerprint density at radius 2 is 2.09 bits per heavy atom. The molecular weight excluding hydrogens is 306 g/mol. The van der Waals surface area contributed by atoms with Gasteiger partial charge in [0.15, 0.2) is 10.8 Å². The van der Waals surface area contributed by atoms with Gasteiger partial charge in [0.2, 0.25) is 0 Å². The number of carboxylic acids is 1. The van der Waals surface area contributed by atoms with Gasteiger partial charge in [-0.1, -0.05) is 13.0 Å². The highest BCUT2D eigenvalue weighted by Crippen LogP contribution is 2.20. The molecule has 0 spiro atoms. The van der Waals surface area contributed by atoms with Gasteiger partial charge in [0.25, 0.3) is 0 Å². The van der Waals surface area contributed by atoms with Crippen LogP contribution in [-0.2, 0) is 14.3 Å². The molecule has 1 aromatic heterocycles. The molecule has 0 aliphatic carbocycles. The molecule has 0 amide bonds. The molecule has 0 bridgehead atoms. The van der Waals surface area contributed by atoms with Crippen molar-refractivity contribution in [1.29, 1.82) is 0 Å². The number of hydrogen-bond donors (Lipinski definition) is 1. The monoisotopic (exact) mass is 325 g/mol. The van der Waals surface area contributed by atoms with Crippen LogP contribution in [0.3, 0.4) is 0 Å². The second kappa shape index (κ2) is 8.45. The number of carboxylic acid groups (broad SMARTS) is 1. The molecule has 0 saturated heterocycles. The van der Waals surface area contributed by atoms with Gasteiger partial charge in [-0.05, 0) is 6.08 Å². The number of carbonyl (C=O) groups excluding carboxylic acids is 1. The fourth-order valence-corrected chi connectivity index (χ4v) is 2.51. The van der Waals surface area contributed by atoms with Crippen molar-refractivity contribution in [3.05, 3.63) is 34.0 Å². The summed E-state index contributed by atoms with van der Waals surface area (Å²) in [6.07, 6.45) is 4.13. The average molecular weight is 325 g/mol. The minimum absolute atomic E-state index is 0.0765. The predicted molar refractivity (Wildman–Crippen MR) is 83.8 cm³/mol. The number of carbonyl (C=O) groups is 2. The zero-order chi connectivity index (χ0) is 16.7. The van der Waals surface area contributed by atoms with Crippen molar-refractivity contribution >= 4 is 29.2 Å². The van der Waals surface area contributed by atoms with E-state index >= 15 is 0 Å². The van der Waals surface area contributed by atoms with Crippen molar-refractivity contribution in [3.63, 3.8) is 0 Å². The Morgan fingerprint density at radius 3 is 2.55 bits per heavy atom. The van der Waals surface area contributed by atoms with Crippen LogP contribution < -0.4 is 0 Å². The van der Waals surface area contributed by atoms with Crippen molar-refractivity contribution in [3.8, 4) is 0 Å². The van der Waals surface area contributed by atoms with Crippen molar-refractivity contribution < 1.29 is 24.2 Å². The summed E-state index contributed by atoms with van der Waals surface area (Å²) >= 11 is 1.28. The molecule has 0 aliphatic rings. The quantitative estimate of drug-likeness (QED) is 0.449. The lowest BCUT2D eigenvalue weighted by Gasteiger charge is -2.21. The largest absolute Gasteiger partial charge is 0.500 e. The van der Waals surface area contributed by atoms with E-state index in [1.165, 1.54) is 32.5 Å². The molecule has 2 atom stereocenters.